The molecule has 31 heavy (non-hydrogen) atoms. The van der Waals surface area contributed by atoms with Crippen LogP contribution in [0.1, 0.15) is 23.0 Å². The molecule has 0 atom stereocenters. The molecule has 0 unspecified atom stereocenters. The zero-order chi connectivity index (χ0) is 21.8. The van der Waals surface area contributed by atoms with Gasteiger partial charge in [0, 0.05) is 43.5 Å². The Hall–Kier alpha value is -2.90. The van der Waals surface area contributed by atoms with Crippen LogP contribution < -0.4 is 4.74 Å². The quantitative estimate of drug-likeness (QED) is 0.574. The van der Waals surface area contributed by atoms with Crippen LogP contribution in [-0.4, -0.2) is 52.8 Å². The molecule has 0 bridgehead atoms. The van der Waals surface area contributed by atoms with Crippen molar-refractivity contribution in [3.63, 3.8) is 0 Å². The van der Waals surface area contributed by atoms with E-state index in [4.69, 9.17) is 16.3 Å². The standard InChI is InChI=1S/C23H22ClN3O3S/c1-16(28)26-9-11-27(12-10-26)23(29)20-15-31-22(25-20)19-7-2-3-8-21(19)30-14-17-5-4-6-18(24)13-17/h2-8,13,15H,9-12,14H2,1H3. The van der Waals surface area contributed by atoms with Crippen LogP contribution in [0.15, 0.2) is 53.9 Å². The molecule has 1 saturated heterocycles. The van der Waals surface area contributed by atoms with Gasteiger partial charge < -0.3 is 14.5 Å². The summed E-state index contributed by atoms with van der Waals surface area (Å²) in [6, 6.07) is 15.2. The fourth-order valence-electron chi connectivity index (χ4n) is 3.44. The van der Waals surface area contributed by atoms with Gasteiger partial charge in [-0.05, 0) is 29.8 Å². The van der Waals surface area contributed by atoms with E-state index in [9.17, 15) is 9.59 Å². The summed E-state index contributed by atoms with van der Waals surface area (Å²) in [5.74, 6) is 0.631. The predicted octanol–water partition coefficient (Wildman–Crippen LogP) is 4.35. The number of rotatable bonds is 5. The van der Waals surface area contributed by atoms with Crippen LogP contribution in [0.2, 0.25) is 5.02 Å². The van der Waals surface area contributed by atoms with Crippen molar-refractivity contribution in [3.05, 3.63) is 70.2 Å². The molecule has 8 heteroatoms. The Morgan fingerprint density at radius 2 is 1.81 bits per heavy atom. The molecule has 1 aromatic heterocycles. The van der Waals surface area contributed by atoms with E-state index in [2.05, 4.69) is 4.98 Å². The maximum Gasteiger partial charge on any atom is 0.273 e. The molecule has 0 spiro atoms. The maximum absolute atomic E-state index is 12.9. The smallest absolute Gasteiger partial charge is 0.273 e. The predicted molar refractivity (Wildman–Crippen MR) is 121 cm³/mol. The van der Waals surface area contributed by atoms with Crippen molar-refractivity contribution in [1.29, 1.82) is 0 Å². The highest BCUT2D eigenvalue weighted by Gasteiger charge is 2.25. The second-order valence-corrected chi connectivity index (χ2v) is 8.55. The van der Waals surface area contributed by atoms with Crippen molar-refractivity contribution in [2.24, 2.45) is 0 Å². The van der Waals surface area contributed by atoms with E-state index in [-0.39, 0.29) is 11.8 Å². The molecule has 0 N–H and O–H groups in total. The van der Waals surface area contributed by atoms with E-state index in [0.717, 1.165) is 16.1 Å². The molecule has 6 nitrogen and oxygen atoms in total. The summed E-state index contributed by atoms with van der Waals surface area (Å²) in [6.07, 6.45) is 0. The normalized spacial score (nSPS) is 13.9. The molecular weight excluding hydrogens is 434 g/mol. The number of aromatic nitrogens is 1. The number of ether oxygens (including phenoxy) is 1. The molecule has 1 fully saturated rings. The van der Waals surface area contributed by atoms with Crippen LogP contribution in [0.25, 0.3) is 10.6 Å². The molecular formula is C23H22ClN3O3S. The molecule has 1 aliphatic rings. The van der Waals surface area contributed by atoms with Crippen molar-refractivity contribution in [2.45, 2.75) is 13.5 Å². The summed E-state index contributed by atoms with van der Waals surface area (Å²) in [7, 11) is 0. The van der Waals surface area contributed by atoms with Crippen molar-refractivity contribution in [2.75, 3.05) is 26.2 Å². The number of nitrogens with zero attached hydrogens (tertiary/aromatic N) is 3. The van der Waals surface area contributed by atoms with E-state index in [1.807, 2.05) is 48.5 Å². The van der Waals surface area contributed by atoms with Gasteiger partial charge in [-0.3, -0.25) is 9.59 Å². The molecule has 0 saturated carbocycles. The van der Waals surface area contributed by atoms with Crippen molar-refractivity contribution in [1.82, 2.24) is 14.8 Å². The number of halogens is 1. The third-order valence-electron chi connectivity index (χ3n) is 5.14. The molecule has 0 aliphatic carbocycles. The summed E-state index contributed by atoms with van der Waals surface area (Å²) in [4.78, 5) is 32.5. The van der Waals surface area contributed by atoms with E-state index in [1.165, 1.54) is 11.3 Å². The summed E-state index contributed by atoms with van der Waals surface area (Å²) < 4.78 is 6.03. The van der Waals surface area contributed by atoms with Gasteiger partial charge in [0.25, 0.3) is 5.91 Å². The number of carbonyl (C=O) groups is 2. The minimum atomic E-state index is -0.108. The number of hydrogen-bond donors (Lipinski definition) is 0. The van der Waals surface area contributed by atoms with Crippen molar-refractivity contribution in [3.8, 4) is 16.3 Å². The van der Waals surface area contributed by atoms with Gasteiger partial charge in [-0.15, -0.1) is 11.3 Å². The largest absolute Gasteiger partial charge is 0.488 e. The lowest BCUT2D eigenvalue weighted by molar-refractivity contribution is -0.130. The van der Waals surface area contributed by atoms with Crippen LogP contribution in [-0.2, 0) is 11.4 Å². The van der Waals surface area contributed by atoms with E-state index in [1.54, 1.807) is 22.1 Å². The lowest BCUT2D eigenvalue weighted by Crippen LogP contribution is -2.50. The summed E-state index contributed by atoms with van der Waals surface area (Å²) >= 11 is 7.47. The monoisotopic (exact) mass is 455 g/mol. The Morgan fingerprint density at radius 1 is 1.06 bits per heavy atom. The SMILES string of the molecule is CC(=O)N1CCN(C(=O)c2csc(-c3ccccc3OCc3cccc(Cl)c3)n2)CC1. The number of para-hydroxylation sites is 1. The van der Waals surface area contributed by atoms with E-state index >= 15 is 0 Å². The lowest BCUT2D eigenvalue weighted by Gasteiger charge is -2.33. The first-order chi connectivity index (χ1) is 15.0. The van der Waals surface area contributed by atoms with Gasteiger partial charge in [-0.2, -0.15) is 0 Å². The summed E-state index contributed by atoms with van der Waals surface area (Å²) in [5.41, 5.74) is 2.23. The highest BCUT2D eigenvalue weighted by molar-refractivity contribution is 7.13. The third-order valence-corrected chi connectivity index (χ3v) is 6.25. The molecule has 160 valence electrons. The fraction of sp³-hybridized carbons (Fsp3) is 0.261. The summed E-state index contributed by atoms with van der Waals surface area (Å²) in [6.45, 7) is 4.08. The average molecular weight is 456 g/mol. The zero-order valence-electron chi connectivity index (χ0n) is 17.1. The Kier molecular flexibility index (Phi) is 6.53. The minimum absolute atomic E-state index is 0.0393. The van der Waals surface area contributed by atoms with Gasteiger partial charge in [0.15, 0.2) is 0 Å². The Balaban J connectivity index is 1.46. The van der Waals surface area contributed by atoms with Crippen molar-refractivity contribution >= 4 is 34.8 Å². The van der Waals surface area contributed by atoms with Gasteiger partial charge >= 0.3 is 0 Å². The van der Waals surface area contributed by atoms with Gasteiger partial charge in [0.2, 0.25) is 5.91 Å². The fourth-order valence-corrected chi connectivity index (χ4v) is 4.48. The molecule has 0 radical (unpaired) electrons. The van der Waals surface area contributed by atoms with Gasteiger partial charge in [-0.25, -0.2) is 4.98 Å². The topological polar surface area (TPSA) is 62.7 Å². The highest BCUT2D eigenvalue weighted by atomic mass is 35.5. The molecule has 3 aromatic rings. The summed E-state index contributed by atoms with van der Waals surface area (Å²) in [5, 5.41) is 3.18. The van der Waals surface area contributed by atoms with Gasteiger partial charge in [0.1, 0.15) is 23.1 Å². The lowest BCUT2D eigenvalue weighted by atomic mass is 10.2. The number of hydrogen-bond acceptors (Lipinski definition) is 5. The number of carbonyl (C=O) groups excluding carboxylic acids is 2. The zero-order valence-corrected chi connectivity index (χ0v) is 18.7. The first-order valence-electron chi connectivity index (χ1n) is 9.98. The molecule has 2 aromatic carbocycles. The molecule has 2 amide bonds. The Labute approximate surface area is 190 Å². The first kappa shape index (κ1) is 21.3. The number of benzene rings is 2. The Morgan fingerprint density at radius 3 is 2.55 bits per heavy atom. The average Bonchev–Trinajstić information content (AvgIpc) is 3.27. The van der Waals surface area contributed by atoms with Crippen molar-refractivity contribution < 1.29 is 14.3 Å². The maximum atomic E-state index is 12.9. The first-order valence-corrected chi connectivity index (χ1v) is 11.2. The second kappa shape index (κ2) is 9.49. The number of amides is 2. The van der Waals surface area contributed by atoms with Crippen LogP contribution in [0.4, 0.5) is 0 Å². The Bertz CT molecular complexity index is 1090. The van der Waals surface area contributed by atoms with Crippen LogP contribution in [0, 0.1) is 0 Å². The van der Waals surface area contributed by atoms with E-state index in [0.29, 0.717) is 49.3 Å². The number of piperazine rings is 1. The molecule has 4 rings (SSSR count). The van der Waals surface area contributed by atoms with Gasteiger partial charge in [0.05, 0.1) is 5.56 Å². The van der Waals surface area contributed by atoms with Crippen LogP contribution in [0.5, 0.6) is 5.75 Å². The van der Waals surface area contributed by atoms with E-state index < -0.39 is 0 Å². The minimum Gasteiger partial charge on any atom is -0.488 e. The highest BCUT2D eigenvalue weighted by Crippen LogP contribution is 2.33. The van der Waals surface area contributed by atoms with Gasteiger partial charge in [-0.1, -0.05) is 35.9 Å². The number of thiazole rings is 1. The third kappa shape index (κ3) is 5.06. The molecule has 1 aliphatic heterocycles. The van der Waals surface area contributed by atoms with Crippen LogP contribution in [0.3, 0.4) is 0 Å². The van der Waals surface area contributed by atoms with Crippen LogP contribution >= 0.6 is 22.9 Å². The molecule has 2 heterocycles. The second-order valence-electron chi connectivity index (χ2n) is 7.25.